The molecule has 2 amide bonds. The van der Waals surface area contributed by atoms with E-state index >= 15 is 0 Å². The van der Waals surface area contributed by atoms with Gasteiger partial charge in [0, 0.05) is 24.0 Å². The Morgan fingerprint density at radius 2 is 2.10 bits per heavy atom. The minimum Gasteiger partial charge on any atom is -0.399 e. The molecule has 106 valence electrons. The SMILES string of the molecule is CCN(CC(=O)NC)C(=O)c1cc2cc(N)ccc2s1. The first kappa shape index (κ1) is 14.3. The lowest BCUT2D eigenvalue weighted by Gasteiger charge is -2.18. The summed E-state index contributed by atoms with van der Waals surface area (Å²) in [5.41, 5.74) is 6.41. The van der Waals surface area contributed by atoms with E-state index in [0.29, 0.717) is 17.1 Å². The Morgan fingerprint density at radius 1 is 1.35 bits per heavy atom. The van der Waals surface area contributed by atoms with Crippen LogP contribution in [0.25, 0.3) is 10.1 Å². The van der Waals surface area contributed by atoms with Crippen LogP contribution in [0.3, 0.4) is 0 Å². The van der Waals surface area contributed by atoms with E-state index in [1.165, 1.54) is 16.2 Å². The Labute approximate surface area is 121 Å². The van der Waals surface area contributed by atoms with Crippen LogP contribution >= 0.6 is 11.3 Å². The Morgan fingerprint density at radius 3 is 2.75 bits per heavy atom. The number of likely N-dealkylation sites (N-methyl/N-ethyl adjacent to an activating group) is 2. The van der Waals surface area contributed by atoms with Gasteiger partial charge in [-0.2, -0.15) is 0 Å². The summed E-state index contributed by atoms with van der Waals surface area (Å²) in [4.78, 5) is 26.0. The molecule has 0 radical (unpaired) electrons. The average molecular weight is 291 g/mol. The third-order valence-electron chi connectivity index (χ3n) is 3.03. The predicted octanol–water partition coefficient (Wildman–Crippen LogP) is 1.69. The summed E-state index contributed by atoms with van der Waals surface area (Å²) < 4.78 is 1.01. The maximum Gasteiger partial charge on any atom is 0.264 e. The summed E-state index contributed by atoms with van der Waals surface area (Å²) in [5.74, 6) is -0.304. The molecule has 1 aromatic carbocycles. The van der Waals surface area contributed by atoms with Crippen LogP contribution in [0, 0.1) is 0 Å². The number of benzene rings is 1. The topological polar surface area (TPSA) is 75.4 Å². The normalized spacial score (nSPS) is 10.5. The summed E-state index contributed by atoms with van der Waals surface area (Å²) in [6, 6.07) is 7.39. The molecule has 1 aromatic heterocycles. The molecule has 2 aromatic rings. The van der Waals surface area contributed by atoms with Crippen molar-refractivity contribution in [3.63, 3.8) is 0 Å². The molecule has 1 heterocycles. The highest BCUT2D eigenvalue weighted by atomic mass is 32.1. The van der Waals surface area contributed by atoms with Crippen molar-refractivity contribution in [3.8, 4) is 0 Å². The maximum absolute atomic E-state index is 12.4. The first-order valence-electron chi connectivity index (χ1n) is 6.34. The number of thiophene rings is 1. The van der Waals surface area contributed by atoms with Gasteiger partial charge in [-0.05, 0) is 36.6 Å². The van der Waals surface area contributed by atoms with E-state index in [9.17, 15) is 9.59 Å². The van der Waals surface area contributed by atoms with Crippen molar-refractivity contribution in [3.05, 3.63) is 29.1 Å². The van der Waals surface area contributed by atoms with E-state index in [1.807, 2.05) is 31.2 Å². The molecule has 0 atom stereocenters. The molecule has 6 heteroatoms. The predicted molar refractivity (Wildman–Crippen MR) is 81.9 cm³/mol. The molecule has 5 nitrogen and oxygen atoms in total. The van der Waals surface area contributed by atoms with Crippen molar-refractivity contribution >= 4 is 38.9 Å². The fourth-order valence-corrected chi connectivity index (χ4v) is 2.91. The molecular weight excluding hydrogens is 274 g/mol. The second kappa shape index (κ2) is 5.92. The number of hydrogen-bond donors (Lipinski definition) is 2. The van der Waals surface area contributed by atoms with Gasteiger partial charge in [-0.25, -0.2) is 0 Å². The lowest BCUT2D eigenvalue weighted by Crippen LogP contribution is -2.39. The van der Waals surface area contributed by atoms with Gasteiger partial charge in [0.2, 0.25) is 5.91 Å². The summed E-state index contributed by atoms with van der Waals surface area (Å²) in [6.07, 6.45) is 0. The smallest absolute Gasteiger partial charge is 0.264 e. The lowest BCUT2D eigenvalue weighted by atomic mass is 10.2. The summed E-state index contributed by atoms with van der Waals surface area (Å²) in [7, 11) is 1.56. The van der Waals surface area contributed by atoms with Crippen molar-refractivity contribution in [1.82, 2.24) is 10.2 Å². The summed E-state index contributed by atoms with van der Waals surface area (Å²) in [6.45, 7) is 2.41. The maximum atomic E-state index is 12.4. The highest BCUT2D eigenvalue weighted by Gasteiger charge is 2.19. The number of anilines is 1. The Balaban J connectivity index is 2.27. The first-order valence-corrected chi connectivity index (χ1v) is 7.15. The van der Waals surface area contributed by atoms with Crippen molar-refractivity contribution in [2.45, 2.75) is 6.92 Å². The third-order valence-corrected chi connectivity index (χ3v) is 4.14. The largest absolute Gasteiger partial charge is 0.399 e. The van der Waals surface area contributed by atoms with Crippen LogP contribution in [-0.4, -0.2) is 36.9 Å². The monoisotopic (exact) mass is 291 g/mol. The van der Waals surface area contributed by atoms with Gasteiger partial charge in [0.1, 0.15) is 0 Å². The van der Waals surface area contributed by atoms with E-state index in [-0.39, 0.29) is 18.4 Å². The number of nitrogen functional groups attached to an aromatic ring is 1. The molecule has 0 aliphatic heterocycles. The Hall–Kier alpha value is -2.08. The van der Waals surface area contributed by atoms with Crippen LogP contribution in [0.5, 0.6) is 0 Å². The zero-order valence-electron chi connectivity index (χ0n) is 11.5. The van der Waals surface area contributed by atoms with Crippen molar-refractivity contribution in [2.24, 2.45) is 0 Å². The standard InChI is InChI=1S/C14H17N3O2S/c1-3-17(8-13(18)16-2)14(19)12-7-9-6-10(15)4-5-11(9)20-12/h4-7H,3,8,15H2,1-2H3,(H,16,18). The van der Waals surface area contributed by atoms with Crippen LogP contribution < -0.4 is 11.1 Å². The molecule has 0 spiro atoms. The molecule has 2 rings (SSSR count). The van der Waals surface area contributed by atoms with E-state index < -0.39 is 0 Å². The molecule has 3 N–H and O–H groups in total. The number of fused-ring (bicyclic) bond motifs is 1. The quantitative estimate of drug-likeness (QED) is 0.842. The minimum absolute atomic E-state index is 0.0716. The fourth-order valence-electron chi connectivity index (χ4n) is 1.90. The van der Waals surface area contributed by atoms with Crippen molar-refractivity contribution in [1.29, 1.82) is 0 Å². The molecular formula is C14H17N3O2S. The molecule has 0 saturated carbocycles. The molecule has 20 heavy (non-hydrogen) atoms. The third kappa shape index (κ3) is 2.91. The van der Waals surface area contributed by atoms with Crippen LogP contribution in [0.2, 0.25) is 0 Å². The Bertz CT molecular complexity index is 651. The zero-order valence-corrected chi connectivity index (χ0v) is 12.3. The highest BCUT2D eigenvalue weighted by Crippen LogP contribution is 2.28. The Kier molecular flexibility index (Phi) is 4.24. The highest BCUT2D eigenvalue weighted by molar-refractivity contribution is 7.20. The second-order valence-electron chi connectivity index (χ2n) is 4.40. The molecule has 0 bridgehead atoms. The zero-order chi connectivity index (χ0) is 14.7. The second-order valence-corrected chi connectivity index (χ2v) is 5.48. The number of carbonyl (C=O) groups excluding carboxylic acids is 2. The molecule has 0 fully saturated rings. The van der Waals surface area contributed by atoms with Crippen molar-refractivity contribution < 1.29 is 9.59 Å². The number of nitrogens with zero attached hydrogens (tertiary/aromatic N) is 1. The van der Waals surface area contributed by atoms with Gasteiger partial charge >= 0.3 is 0 Å². The lowest BCUT2D eigenvalue weighted by molar-refractivity contribution is -0.121. The van der Waals surface area contributed by atoms with Crippen LogP contribution in [-0.2, 0) is 4.79 Å². The van der Waals surface area contributed by atoms with Gasteiger partial charge in [-0.1, -0.05) is 0 Å². The van der Waals surface area contributed by atoms with Gasteiger partial charge in [0.05, 0.1) is 11.4 Å². The van der Waals surface area contributed by atoms with Gasteiger partial charge in [-0.3, -0.25) is 9.59 Å². The first-order chi connectivity index (χ1) is 9.55. The van der Waals surface area contributed by atoms with Crippen molar-refractivity contribution in [2.75, 3.05) is 25.9 Å². The van der Waals surface area contributed by atoms with Crippen LogP contribution in [0.15, 0.2) is 24.3 Å². The number of nitrogens with one attached hydrogen (secondary N) is 1. The number of carbonyl (C=O) groups is 2. The van der Waals surface area contributed by atoms with Crippen LogP contribution in [0.1, 0.15) is 16.6 Å². The minimum atomic E-state index is -0.175. The van der Waals surface area contributed by atoms with Crippen LogP contribution in [0.4, 0.5) is 5.69 Å². The number of amides is 2. The average Bonchev–Trinajstić information content (AvgIpc) is 2.86. The summed E-state index contributed by atoms with van der Waals surface area (Å²) in [5, 5.41) is 3.48. The molecule has 0 aliphatic rings. The molecule has 0 unspecified atom stereocenters. The van der Waals surface area contributed by atoms with Gasteiger partial charge in [-0.15, -0.1) is 11.3 Å². The van der Waals surface area contributed by atoms with E-state index in [4.69, 9.17) is 5.73 Å². The number of rotatable bonds is 4. The fraction of sp³-hybridized carbons (Fsp3) is 0.286. The van der Waals surface area contributed by atoms with Gasteiger partial charge in [0.25, 0.3) is 5.91 Å². The summed E-state index contributed by atoms with van der Waals surface area (Å²) >= 11 is 1.41. The van der Waals surface area contributed by atoms with E-state index in [1.54, 1.807) is 7.05 Å². The number of nitrogens with two attached hydrogens (primary N) is 1. The van der Waals surface area contributed by atoms with E-state index in [2.05, 4.69) is 5.32 Å². The van der Waals surface area contributed by atoms with Gasteiger partial charge < -0.3 is 16.0 Å². The van der Waals surface area contributed by atoms with Gasteiger partial charge in [0.15, 0.2) is 0 Å². The number of hydrogen-bond acceptors (Lipinski definition) is 4. The molecule has 0 aliphatic carbocycles. The van der Waals surface area contributed by atoms with E-state index in [0.717, 1.165) is 10.1 Å². The molecule has 0 saturated heterocycles.